The van der Waals surface area contributed by atoms with E-state index in [9.17, 15) is 9.90 Å². The first kappa shape index (κ1) is 20.1. The third-order valence-corrected chi connectivity index (χ3v) is 10.4. The highest BCUT2D eigenvalue weighted by atomic mass is 28.3. The number of rotatable bonds is 7. The molecular weight excluding hydrogens is 340 g/mol. The summed E-state index contributed by atoms with van der Waals surface area (Å²) >= 11 is 0. The van der Waals surface area contributed by atoms with Gasteiger partial charge in [-0.15, -0.1) is 0 Å². The fourth-order valence-corrected chi connectivity index (χ4v) is 4.86. The molecule has 0 aliphatic heterocycles. The van der Waals surface area contributed by atoms with E-state index in [1.54, 1.807) is 12.1 Å². The van der Waals surface area contributed by atoms with Crippen LogP contribution in [-0.4, -0.2) is 24.8 Å². The molecule has 0 spiro atoms. The monoisotopic (exact) mass is 368 g/mol. The number of benzene rings is 2. The van der Waals surface area contributed by atoms with Crippen LogP contribution in [0.3, 0.4) is 0 Å². The van der Waals surface area contributed by atoms with Gasteiger partial charge in [-0.3, -0.25) is 0 Å². The molecule has 0 bridgehead atoms. The predicted octanol–water partition coefficient (Wildman–Crippen LogP) is 5.33. The van der Waals surface area contributed by atoms with Crippen molar-refractivity contribution in [3.05, 3.63) is 77.9 Å². The highest BCUT2D eigenvalue weighted by Crippen LogP contribution is 2.37. The summed E-state index contributed by atoms with van der Waals surface area (Å²) in [5.74, 6) is 0.0154. The number of ether oxygens (including phenoxy) is 1. The molecule has 4 heteroatoms. The average molecular weight is 369 g/mol. The fraction of sp³-hybridized carbons (Fsp3) is 0.318. The van der Waals surface area contributed by atoms with Gasteiger partial charge in [0.2, 0.25) is 0 Å². The number of carbonyl (C=O) groups excluding carboxylic acids is 1. The lowest BCUT2D eigenvalue weighted by molar-refractivity contribution is -0.109. The first-order chi connectivity index (χ1) is 12.2. The summed E-state index contributed by atoms with van der Waals surface area (Å²) in [5.41, 5.74) is 1.74. The second kappa shape index (κ2) is 8.47. The molecule has 0 aliphatic carbocycles. The lowest BCUT2D eigenvalue weighted by atomic mass is 10.2. The van der Waals surface area contributed by atoms with Crippen LogP contribution in [0.2, 0.25) is 11.6 Å². The van der Waals surface area contributed by atoms with Gasteiger partial charge in [-0.2, -0.15) is 0 Å². The maximum Gasteiger partial charge on any atom is 0.168 e. The zero-order valence-electron chi connectivity index (χ0n) is 16.0. The van der Waals surface area contributed by atoms with E-state index in [4.69, 9.17) is 4.74 Å². The Labute approximate surface area is 157 Å². The molecule has 2 rings (SSSR count). The third-order valence-electron chi connectivity index (χ3n) is 5.04. The maximum absolute atomic E-state index is 13.1. The van der Waals surface area contributed by atoms with E-state index in [-0.39, 0.29) is 16.2 Å². The van der Waals surface area contributed by atoms with Gasteiger partial charge in [-0.1, -0.05) is 88.0 Å². The van der Waals surface area contributed by atoms with Gasteiger partial charge in [-0.25, -0.2) is 0 Å². The Kier molecular flexibility index (Phi) is 6.56. The second-order valence-electron chi connectivity index (χ2n) is 7.82. The summed E-state index contributed by atoms with van der Waals surface area (Å²) < 4.78 is 5.95. The van der Waals surface area contributed by atoms with E-state index in [2.05, 4.69) is 20.8 Å². The van der Waals surface area contributed by atoms with Gasteiger partial charge in [0.25, 0.3) is 0 Å². The molecule has 2 aromatic rings. The molecule has 0 heterocycles. The van der Waals surface area contributed by atoms with Crippen molar-refractivity contribution >= 4 is 19.2 Å². The van der Waals surface area contributed by atoms with Crippen LogP contribution in [0.5, 0.6) is 0 Å². The fourth-order valence-electron chi connectivity index (χ4n) is 2.58. The first-order valence-electron chi connectivity index (χ1n) is 8.86. The molecule has 2 aromatic carbocycles. The zero-order chi connectivity index (χ0) is 19.2. The van der Waals surface area contributed by atoms with Crippen LogP contribution >= 0.6 is 0 Å². The molecule has 3 nitrogen and oxygen atoms in total. The molecule has 1 atom stereocenters. The molecule has 0 fully saturated rings. The Morgan fingerprint density at radius 2 is 1.58 bits per heavy atom. The largest absolute Gasteiger partial charge is 0.507 e. The van der Waals surface area contributed by atoms with E-state index in [1.807, 2.05) is 55.1 Å². The van der Waals surface area contributed by atoms with E-state index >= 15 is 0 Å². The normalized spacial score (nSPS) is 14.7. The van der Waals surface area contributed by atoms with Crippen LogP contribution in [0, 0.1) is 0 Å². The smallest absolute Gasteiger partial charge is 0.168 e. The SMILES string of the molecule is CC(C)(C)[Si](C)(COCc1ccccc1)C(=O)/C=C(\O)c1ccccc1. The minimum Gasteiger partial charge on any atom is -0.507 e. The molecule has 138 valence electrons. The van der Waals surface area contributed by atoms with Crippen molar-refractivity contribution in [2.24, 2.45) is 0 Å². The quantitative estimate of drug-likeness (QED) is 0.408. The van der Waals surface area contributed by atoms with Crippen molar-refractivity contribution in [2.75, 3.05) is 6.23 Å². The minimum atomic E-state index is -2.50. The molecule has 0 saturated heterocycles. The topological polar surface area (TPSA) is 46.5 Å². The van der Waals surface area contributed by atoms with Crippen LogP contribution in [0.25, 0.3) is 5.76 Å². The van der Waals surface area contributed by atoms with Gasteiger partial charge >= 0.3 is 0 Å². The minimum absolute atomic E-state index is 0.000542. The Balaban J connectivity index is 2.16. The van der Waals surface area contributed by atoms with Crippen molar-refractivity contribution in [3.63, 3.8) is 0 Å². The molecule has 1 N–H and O–H groups in total. The first-order valence-corrected chi connectivity index (χ1v) is 11.6. The molecule has 0 saturated carbocycles. The van der Waals surface area contributed by atoms with Crippen molar-refractivity contribution in [2.45, 2.75) is 39.0 Å². The molecule has 0 amide bonds. The number of aliphatic hydroxyl groups is 1. The summed E-state index contributed by atoms with van der Waals surface area (Å²) in [6, 6.07) is 19.1. The van der Waals surface area contributed by atoms with Gasteiger partial charge in [0.15, 0.2) is 8.07 Å². The highest BCUT2D eigenvalue weighted by molar-refractivity contribution is 7.08. The molecule has 26 heavy (non-hydrogen) atoms. The van der Waals surface area contributed by atoms with Crippen LogP contribution in [0.4, 0.5) is 0 Å². The molecule has 0 radical (unpaired) electrons. The summed E-state index contributed by atoms with van der Waals surface area (Å²) in [6.07, 6.45) is 1.81. The average Bonchev–Trinajstić information content (AvgIpc) is 2.62. The van der Waals surface area contributed by atoms with Gasteiger partial charge in [0.05, 0.1) is 6.61 Å². The Bertz CT molecular complexity index is 748. The van der Waals surface area contributed by atoms with Gasteiger partial charge in [0, 0.05) is 17.9 Å². The summed E-state index contributed by atoms with van der Waals surface area (Å²) in [4.78, 5) is 13.1. The number of aliphatic hydroxyl groups excluding tert-OH is 1. The Morgan fingerprint density at radius 1 is 1.04 bits per heavy atom. The van der Waals surface area contributed by atoms with Gasteiger partial charge < -0.3 is 14.6 Å². The molecule has 0 aromatic heterocycles. The van der Waals surface area contributed by atoms with Crippen LogP contribution in [-0.2, 0) is 16.1 Å². The van der Waals surface area contributed by atoms with E-state index < -0.39 is 8.07 Å². The molecule has 1 unspecified atom stereocenters. The molecule has 0 aliphatic rings. The number of allylic oxidation sites excluding steroid dienone is 1. The zero-order valence-corrected chi connectivity index (χ0v) is 17.0. The summed E-state index contributed by atoms with van der Waals surface area (Å²) in [7, 11) is -2.50. The Morgan fingerprint density at radius 3 is 2.12 bits per heavy atom. The standard InChI is InChI=1S/C22H28O3Si/c1-22(2,3)26(4,17-25-16-18-11-7-5-8-12-18)21(24)15-20(23)19-13-9-6-10-14-19/h5-15,23H,16-17H2,1-4H3/b20-15-. The van der Waals surface area contributed by atoms with E-state index in [1.165, 1.54) is 6.08 Å². The summed E-state index contributed by atoms with van der Waals surface area (Å²) in [5, 5.41) is 10.2. The molecular formula is C22H28O3Si. The number of hydrogen-bond acceptors (Lipinski definition) is 3. The lowest BCUT2D eigenvalue weighted by Crippen LogP contribution is -2.53. The second-order valence-corrected chi connectivity index (χ2v) is 12.8. The third kappa shape index (κ3) is 4.93. The van der Waals surface area contributed by atoms with Crippen LogP contribution in [0.1, 0.15) is 31.9 Å². The van der Waals surface area contributed by atoms with E-state index in [0.29, 0.717) is 18.4 Å². The van der Waals surface area contributed by atoms with Crippen molar-refractivity contribution in [1.29, 1.82) is 0 Å². The number of carbonyl (C=O) groups is 1. The Hall–Kier alpha value is -2.17. The van der Waals surface area contributed by atoms with Gasteiger partial charge in [-0.05, 0) is 10.6 Å². The number of hydrogen-bond donors (Lipinski definition) is 1. The predicted molar refractivity (Wildman–Crippen MR) is 109 cm³/mol. The van der Waals surface area contributed by atoms with Gasteiger partial charge in [0.1, 0.15) is 11.2 Å². The summed E-state index contributed by atoms with van der Waals surface area (Å²) in [6.45, 7) is 8.76. The van der Waals surface area contributed by atoms with Crippen molar-refractivity contribution in [1.82, 2.24) is 0 Å². The maximum atomic E-state index is 13.1. The van der Waals surface area contributed by atoms with Crippen LogP contribution < -0.4 is 0 Å². The van der Waals surface area contributed by atoms with Crippen LogP contribution in [0.15, 0.2) is 66.7 Å². The van der Waals surface area contributed by atoms with E-state index in [0.717, 1.165) is 5.56 Å². The van der Waals surface area contributed by atoms with Crippen molar-refractivity contribution < 1.29 is 14.6 Å². The van der Waals surface area contributed by atoms with Crippen molar-refractivity contribution in [3.8, 4) is 0 Å². The highest BCUT2D eigenvalue weighted by Gasteiger charge is 2.46. The lowest BCUT2D eigenvalue weighted by Gasteiger charge is -2.37.